The second-order valence-corrected chi connectivity index (χ2v) is 5.40. The summed E-state index contributed by atoms with van der Waals surface area (Å²) in [6, 6.07) is 24.1. The first kappa shape index (κ1) is 12.9. The molecule has 100 valence electrons. The Morgan fingerprint density at radius 1 is 1.00 bits per heavy atom. The van der Waals surface area contributed by atoms with Gasteiger partial charge in [0.05, 0.1) is 18.0 Å². The molecule has 2 heteroatoms. The Labute approximate surface area is 120 Å². The van der Waals surface area contributed by atoms with E-state index in [2.05, 4.69) is 66.4 Å². The molecule has 0 amide bonds. The maximum Gasteiger partial charge on any atom is 0.0743 e. The minimum absolute atomic E-state index is 0.157. The lowest BCUT2D eigenvalue weighted by atomic mass is 9.85. The largest absolute Gasteiger partial charge is 0.287 e. The molecule has 1 aliphatic rings. The molecular weight excluding hydrogens is 244 g/mol. The average molecular weight is 262 g/mol. The third-order valence-electron chi connectivity index (χ3n) is 4.24. The lowest BCUT2D eigenvalue weighted by molar-refractivity contribution is 0.0289. The number of benzene rings is 2. The van der Waals surface area contributed by atoms with Crippen molar-refractivity contribution in [2.45, 2.75) is 19.0 Å². The predicted molar refractivity (Wildman–Crippen MR) is 80.0 cm³/mol. The second kappa shape index (κ2) is 5.48. The molecule has 2 atom stereocenters. The van der Waals surface area contributed by atoms with Crippen LogP contribution in [0, 0.1) is 17.2 Å². The van der Waals surface area contributed by atoms with Crippen molar-refractivity contribution in [2.75, 3.05) is 6.54 Å². The Hall–Kier alpha value is -2.11. The highest BCUT2D eigenvalue weighted by Gasteiger charge is 2.40. The van der Waals surface area contributed by atoms with E-state index in [1.807, 2.05) is 12.1 Å². The number of rotatable bonds is 3. The third kappa shape index (κ3) is 2.21. The van der Waals surface area contributed by atoms with E-state index in [4.69, 9.17) is 5.26 Å². The van der Waals surface area contributed by atoms with Crippen molar-refractivity contribution in [3.05, 3.63) is 71.8 Å². The van der Waals surface area contributed by atoms with Gasteiger partial charge in [-0.3, -0.25) is 4.90 Å². The molecule has 20 heavy (non-hydrogen) atoms. The molecule has 0 radical (unpaired) electrons. The third-order valence-corrected chi connectivity index (χ3v) is 4.24. The van der Waals surface area contributed by atoms with Crippen molar-refractivity contribution < 1.29 is 0 Å². The fraction of sp³-hybridized carbons (Fsp3) is 0.278. The van der Waals surface area contributed by atoms with Gasteiger partial charge in [-0.1, -0.05) is 60.7 Å². The molecule has 2 aromatic rings. The van der Waals surface area contributed by atoms with E-state index in [1.165, 1.54) is 11.1 Å². The summed E-state index contributed by atoms with van der Waals surface area (Å²) >= 11 is 0. The molecule has 1 aliphatic heterocycles. The Balaban J connectivity index is 1.96. The highest BCUT2D eigenvalue weighted by Crippen LogP contribution is 2.37. The summed E-state index contributed by atoms with van der Waals surface area (Å²) in [5, 5.41) is 9.12. The van der Waals surface area contributed by atoms with Gasteiger partial charge in [-0.25, -0.2) is 0 Å². The maximum atomic E-state index is 9.12. The monoisotopic (exact) mass is 262 g/mol. The van der Waals surface area contributed by atoms with E-state index < -0.39 is 0 Å². The van der Waals surface area contributed by atoms with E-state index in [0.29, 0.717) is 6.04 Å². The van der Waals surface area contributed by atoms with Crippen molar-refractivity contribution in [3.8, 4) is 6.07 Å². The van der Waals surface area contributed by atoms with E-state index in [1.54, 1.807) is 0 Å². The van der Waals surface area contributed by atoms with Crippen molar-refractivity contribution in [2.24, 2.45) is 5.92 Å². The molecule has 1 saturated heterocycles. The van der Waals surface area contributed by atoms with Crippen LogP contribution in [0.2, 0.25) is 0 Å². The molecule has 0 bridgehead atoms. The number of nitriles is 1. The van der Waals surface area contributed by atoms with Gasteiger partial charge in [0.2, 0.25) is 0 Å². The minimum atomic E-state index is 0.157. The van der Waals surface area contributed by atoms with Crippen LogP contribution in [0.3, 0.4) is 0 Å². The van der Waals surface area contributed by atoms with E-state index in [9.17, 15) is 0 Å². The van der Waals surface area contributed by atoms with Crippen LogP contribution in [0.25, 0.3) is 0 Å². The molecule has 1 fully saturated rings. The topological polar surface area (TPSA) is 27.0 Å². The van der Waals surface area contributed by atoms with Gasteiger partial charge in [-0.2, -0.15) is 5.26 Å². The van der Waals surface area contributed by atoms with Crippen LogP contribution in [0.15, 0.2) is 60.7 Å². The van der Waals surface area contributed by atoms with Crippen LogP contribution in [-0.2, 0) is 0 Å². The van der Waals surface area contributed by atoms with Gasteiger partial charge in [-0.05, 0) is 18.1 Å². The highest BCUT2D eigenvalue weighted by atomic mass is 15.2. The van der Waals surface area contributed by atoms with Gasteiger partial charge in [0, 0.05) is 12.6 Å². The molecule has 1 heterocycles. The summed E-state index contributed by atoms with van der Waals surface area (Å²) < 4.78 is 0. The lowest BCUT2D eigenvalue weighted by Gasteiger charge is -2.48. The first-order chi connectivity index (χ1) is 9.81. The van der Waals surface area contributed by atoms with Crippen molar-refractivity contribution >= 4 is 0 Å². The minimum Gasteiger partial charge on any atom is -0.287 e. The highest BCUT2D eigenvalue weighted by molar-refractivity contribution is 5.33. The second-order valence-electron chi connectivity index (χ2n) is 5.40. The van der Waals surface area contributed by atoms with Crippen molar-refractivity contribution in [3.63, 3.8) is 0 Å². The fourth-order valence-electron chi connectivity index (χ4n) is 2.97. The molecular formula is C18H18N2. The zero-order valence-electron chi connectivity index (χ0n) is 11.6. The van der Waals surface area contributed by atoms with Gasteiger partial charge in [0.25, 0.3) is 0 Å². The first-order valence-corrected chi connectivity index (χ1v) is 7.06. The van der Waals surface area contributed by atoms with E-state index in [-0.39, 0.29) is 12.0 Å². The normalized spacial score (nSPS) is 22.2. The molecule has 2 unspecified atom stereocenters. The number of nitrogens with zero attached hydrogens (tertiary/aromatic N) is 2. The molecule has 0 aromatic heterocycles. The van der Waals surface area contributed by atoms with Crippen molar-refractivity contribution in [1.82, 2.24) is 4.90 Å². The maximum absolute atomic E-state index is 9.12. The van der Waals surface area contributed by atoms with Crippen LogP contribution < -0.4 is 0 Å². The number of hydrogen-bond acceptors (Lipinski definition) is 2. The summed E-state index contributed by atoms with van der Waals surface area (Å²) in [5.41, 5.74) is 2.59. The van der Waals surface area contributed by atoms with Gasteiger partial charge in [0.15, 0.2) is 0 Å². The summed E-state index contributed by atoms with van der Waals surface area (Å²) in [5.74, 6) is 0.157. The summed E-state index contributed by atoms with van der Waals surface area (Å²) in [6.07, 6.45) is 0. The quantitative estimate of drug-likeness (QED) is 0.844. The zero-order chi connectivity index (χ0) is 13.9. The smallest absolute Gasteiger partial charge is 0.0743 e. The average Bonchev–Trinajstić information content (AvgIpc) is 2.52. The fourth-order valence-corrected chi connectivity index (χ4v) is 2.97. The molecule has 2 aromatic carbocycles. The Morgan fingerprint density at radius 3 is 1.90 bits per heavy atom. The summed E-state index contributed by atoms with van der Waals surface area (Å²) in [7, 11) is 0. The van der Waals surface area contributed by atoms with Crippen LogP contribution in [0.5, 0.6) is 0 Å². The Kier molecular flexibility index (Phi) is 3.54. The van der Waals surface area contributed by atoms with Gasteiger partial charge in [0.1, 0.15) is 0 Å². The molecule has 0 saturated carbocycles. The standard InChI is InChI=1S/C18H18N2/c1-14-17(12-19)13-20(14)18(15-8-4-2-5-9-15)16-10-6-3-7-11-16/h2-11,14,17-18H,13H2,1H3. The SMILES string of the molecule is CC1C(C#N)CN1C(c1ccccc1)c1ccccc1. The number of hydrogen-bond donors (Lipinski definition) is 0. The van der Waals surface area contributed by atoms with Crippen LogP contribution in [-0.4, -0.2) is 17.5 Å². The van der Waals surface area contributed by atoms with Crippen molar-refractivity contribution in [1.29, 1.82) is 5.26 Å². The van der Waals surface area contributed by atoms with Gasteiger partial charge < -0.3 is 0 Å². The van der Waals surface area contributed by atoms with Crippen LogP contribution >= 0.6 is 0 Å². The summed E-state index contributed by atoms with van der Waals surface area (Å²) in [6.45, 7) is 3.00. The van der Waals surface area contributed by atoms with Gasteiger partial charge in [-0.15, -0.1) is 0 Å². The van der Waals surface area contributed by atoms with E-state index >= 15 is 0 Å². The number of likely N-dealkylation sites (tertiary alicyclic amines) is 1. The molecule has 0 N–H and O–H groups in total. The Morgan fingerprint density at radius 2 is 1.50 bits per heavy atom. The van der Waals surface area contributed by atoms with E-state index in [0.717, 1.165) is 6.54 Å². The Bertz CT molecular complexity index is 561. The first-order valence-electron chi connectivity index (χ1n) is 7.06. The molecule has 2 nitrogen and oxygen atoms in total. The molecule has 3 rings (SSSR count). The predicted octanol–water partition coefficient (Wildman–Crippen LogP) is 3.62. The van der Waals surface area contributed by atoms with Crippen LogP contribution in [0.1, 0.15) is 24.1 Å². The lowest BCUT2D eigenvalue weighted by Crippen LogP contribution is -2.55. The van der Waals surface area contributed by atoms with Crippen LogP contribution in [0.4, 0.5) is 0 Å². The molecule has 0 aliphatic carbocycles. The summed E-state index contributed by atoms with van der Waals surface area (Å²) in [4.78, 5) is 2.42. The zero-order valence-corrected chi connectivity index (χ0v) is 11.6. The molecule has 0 spiro atoms. The van der Waals surface area contributed by atoms with Gasteiger partial charge >= 0.3 is 0 Å².